The van der Waals surface area contributed by atoms with Crippen LogP contribution in [0.25, 0.3) is 4.96 Å². The van der Waals surface area contributed by atoms with E-state index in [1.807, 2.05) is 6.07 Å². The lowest BCUT2D eigenvalue weighted by Gasteiger charge is -2.06. The zero-order chi connectivity index (χ0) is 17.1. The van der Waals surface area contributed by atoms with Crippen LogP contribution in [0.3, 0.4) is 0 Å². The van der Waals surface area contributed by atoms with Gasteiger partial charge in [-0.1, -0.05) is 12.1 Å². The molecule has 2 aromatic heterocycles. The van der Waals surface area contributed by atoms with Gasteiger partial charge in [-0.25, -0.2) is 9.78 Å². The minimum Gasteiger partial charge on any atom is -0.456 e. The Morgan fingerprint density at radius 3 is 3.00 bits per heavy atom. The number of benzene rings is 1. The first-order valence-electron chi connectivity index (χ1n) is 7.05. The van der Waals surface area contributed by atoms with Gasteiger partial charge in [0.2, 0.25) is 0 Å². The van der Waals surface area contributed by atoms with Crippen LogP contribution in [-0.2, 0) is 27.9 Å². The summed E-state index contributed by atoms with van der Waals surface area (Å²) in [4.78, 5) is 28.9. The average molecular weight is 362 g/mol. The maximum absolute atomic E-state index is 12.1. The molecule has 0 aliphatic carbocycles. The molecule has 0 fully saturated rings. The second kappa shape index (κ2) is 7.06. The molecule has 0 bridgehead atoms. The Kier molecular flexibility index (Phi) is 4.86. The van der Waals surface area contributed by atoms with Crippen molar-refractivity contribution in [3.8, 4) is 0 Å². The van der Waals surface area contributed by atoms with Gasteiger partial charge in [-0.3, -0.25) is 13.4 Å². The zero-order valence-electron chi connectivity index (χ0n) is 12.8. The monoisotopic (exact) mass is 362 g/mol. The van der Waals surface area contributed by atoms with Crippen molar-refractivity contribution in [2.45, 2.75) is 12.4 Å². The molecule has 0 N–H and O–H groups in total. The minimum absolute atomic E-state index is 0.0770. The van der Waals surface area contributed by atoms with E-state index in [0.717, 1.165) is 5.56 Å². The molecule has 0 saturated carbocycles. The number of ether oxygens (including phenoxy) is 1. The summed E-state index contributed by atoms with van der Waals surface area (Å²) in [6, 6.07) is 8.18. The quantitative estimate of drug-likeness (QED) is 0.649. The van der Waals surface area contributed by atoms with E-state index < -0.39 is 16.8 Å². The third kappa shape index (κ3) is 3.77. The standard InChI is InChI=1S/C16H14N2O4S2/c1-24(21)10-11-3-2-4-12(7-11)15(20)22-9-13-8-14(19)18-5-6-23-16(18)17-13/h2-8H,9-10H2,1H3. The van der Waals surface area contributed by atoms with E-state index in [1.54, 1.807) is 36.0 Å². The number of nitrogens with zero attached hydrogens (tertiary/aromatic N) is 2. The lowest BCUT2D eigenvalue weighted by atomic mass is 10.1. The molecule has 0 aliphatic rings. The van der Waals surface area contributed by atoms with Gasteiger partial charge < -0.3 is 4.74 Å². The Morgan fingerprint density at radius 1 is 1.38 bits per heavy atom. The molecule has 0 radical (unpaired) electrons. The van der Waals surface area contributed by atoms with E-state index >= 15 is 0 Å². The molecule has 3 aromatic rings. The van der Waals surface area contributed by atoms with Crippen molar-refractivity contribution in [1.29, 1.82) is 0 Å². The first-order chi connectivity index (χ1) is 11.5. The van der Waals surface area contributed by atoms with Gasteiger partial charge in [-0.05, 0) is 17.7 Å². The van der Waals surface area contributed by atoms with E-state index in [9.17, 15) is 13.8 Å². The van der Waals surface area contributed by atoms with E-state index in [2.05, 4.69) is 4.98 Å². The fraction of sp³-hybridized carbons (Fsp3) is 0.188. The molecule has 0 spiro atoms. The largest absolute Gasteiger partial charge is 0.456 e. The molecule has 0 saturated heterocycles. The molecule has 6 nitrogen and oxygen atoms in total. The highest BCUT2D eigenvalue weighted by Gasteiger charge is 2.10. The van der Waals surface area contributed by atoms with E-state index in [4.69, 9.17) is 4.74 Å². The average Bonchev–Trinajstić information content (AvgIpc) is 3.01. The van der Waals surface area contributed by atoms with Gasteiger partial charge in [0.05, 0.1) is 11.3 Å². The molecule has 2 heterocycles. The number of fused-ring (bicyclic) bond motifs is 1. The van der Waals surface area contributed by atoms with Crippen LogP contribution in [0.5, 0.6) is 0 Å². The van der Waals surface area contributed by atoms with Gasteiger partial charge in [0.15, 0.2) is 4.96 Å². The molecule has 0 aliphatic heterocycles. The lowest BCUT2D eigenvalue weighted by Crippen LogP contribution is -2.14. The predicted octanol–water partition coefficient (Wildman–Crippen LogP) is 1.99. The number of carbonyl (C=O) groups excluding carboxylic acids is 1. The van der Waals surface area contributed by atoms with Crippen LogP contribution in [0.2, 0.25) is 0 Å². The van der Waals surface area contributed by atoms with E-state index in [1.165, 1.54) is 21.8 Å². The third-order valence-electron chi connectivity index (χ3n) is 3.24. The van der Waals surface area contributed by atoms with Crippen molar-refractivity contribution in [3.05, 3.63) is 69.1 Å². The van der Waals surface area contributed by atoms with Gasteiger partial charge in [0.25, 0.3) is 5.56 Å². The topological polar surface area (TPSA) is 77.7 Å². The van der Waals surface area contributed by atoms with Crippen LogP contribution in [0.4, 0.5) is 0 Å². The van der Waals surface area contributed by atoms with Gasteiger partial charge in [0.1, 0.15) is 6.61 Å². The van der Waals surface area contributed by atoms with Crippen LogP contribution in [0.15, 0.2) is 46.7 Å². The lowest BCUT2D eigenvalue weighted by molar-refractivity contribution is 0.0467. The molecule has 24 heavy (non-hydrogen) atoms. The number of esters is 1. The number of rotatable bonds is 5. The Hall–Kier alpha value is -2.32. The van der Waals surface area contributed by atoms with Crippen LogP contribution in [-0.4, -0.2) is 25.8 Å². The highest BCUT2D eigenvalue weighted by molar-refractivity contribution is 7.83. The van der Waals surface area contributed by atoms with Crippen molar-refractivity contribution in [1.82, 2.24) is 9.38 Å². The summed E-state index contributed by atoms with van der Waals surface area (Å²) in [6.07, 6.45) is 3.25. The van der Waals surface area contributed by atoms with Gasteiger partial charge in [-0.15, -0.1) is 11.3 Å². The SMILES string of the molecule is CS(=O)Cc1cccc(C(=O)OCc2cc(=O)n3ccsc3n2)c1. The molecule has 1 unspecified atom stereocenters. The van der Waals surface area contributed by atoms with Crippen LogP contribution >= 0.6 is 11.3 Å². The Bertz CT molecular complexity index is 977. The highest BCUT2D eigenvalue weighted by Crippen LogP contribution is 2.11. The summed E-state index contributed by atoms with van der Waals surface area (Å²) in [5.41, 5.74) is 1.38. The number of hydrogen-bond donors (Lipinski definition) is 0. The maximum Gasteiger partial charge on any atom is 0.338 e. The summed E-state index contributed by atoms with van der Waals surface area (Å²) < 4.78 is 17.9. The fourth-order valence-electron chi connectivity index (χ4n) is 2.21. The molecule has 0 amide bonds. The first-order valence-corrected chi connectivity index (χ1v) is 9.65. The Balaban J connectivity index is 1.72. The summed E-state index contributed by atoms with van der Waals surface area (Å²) in [7, 11) is -0.982. The number of aromatic nitrogens is 2. The first kappa shape index (κ1) is 16.5. The maximum atomic E-state index is 12.1. The molecule has 1 atom stereocenters. The second-order valence-corrected chi connectivity index (χ2v) is 7.44. The normalized spacial score (nSPS) is 12.2. The zero-order valence-corrected chi connectivity index (χ0v) is 14.4. The van der Waals surface area contributed by atoms with Crippen LogP contribution in [0.1, 0.15) is 21.6 Å². The third-order valence-corrected chi connectivity index (χ3v) is 4.74. The highest BCUT2D eigenvalue weighted by atomic mass is 32.2. The van der Waals surface area contributed by atoms with Gasteiger partial charge in [0, 0.05) is 40.5 Å². The van der Waals surface area contributed by atoms with Crippen molar-refractivity contribution in [2.75, 3.05) is 6.26 Å². The van der Waals surface area contributed by atoms with Crippen molar-refractivity contribution >= 4 is 33.1 Å². The molecular weight excluding hydrogens is 348 g/mol. The molecular formula is C16H14N2O4S2. The summed E-state index contributed by atoms with van der Waals surface area (Å²) in [6.45, 7) is -0.0770. The predicted molar refractivity (Wildman–Crippen MR) is 92.7 cm³/mol. The van der Waals surface area contributed by atoms with Gasteiger partial charge in [-0.2, -0.15) is 0 Å². The summed E-state index contributed by atoms with van der Waals surface area (Å²) in [5, 5.41) is 1.77. The van der Waals surface area contributed by atoms with E-state index in [0.29, 0.717) is 22.0 Å². The summed E-state index contributed by atoms with van der Waals surface area (Å²) in [5.74, 6) is -0.124. The van der Waals surface area contributed by atoms with E-state index in [-0.39, 0.29) is 12.2 Å². The molecule has 3 rings (SSSR count). The molecule has 1 aromatic carbocycles. The Morgan fingerprint density at radius 2 is 2.21 bits per heavy atom. The summed E-state index contributed by atoms with van der Waals surface area (Å²) >= 11 is 1.34. The Labute approximate surface area is 144 Å². The van der Waals surface area contributed by atoms with Crippen molar-refractivity contribution in [3.63, 3.8) is 0 Å². The minimum atomic E-state index is -0.982. The molecule has 8 heteroatoms. The van der Waals surface area contributed by atoms with Crippen molar-refractivity contribution < 1.29 is 13.7 Å². The fourth-order valence-corrected chi connectivity index (χ4v) is 3.60. The van der Waals surface area contributed by atoms with Crippen molar-refractivity contribution in [2.24, 2.45) is 0 Å². The van der Waals surface area contributed by atoms with Crippen LogP contribution < -0.4 is 5.56 Å². The van der Waals surface area contributed by atoms with Crippen LogP contribution in [0, 0.1) is 0 Å². The number of carbonyl (C=O) groups is 1. The molecule has 124 valence electrons. The number of hydrogen-bond acceptors (Lipinski definition) is 6. The smallest absolute Gasteiger partial charge is 0.338 e. The second-order valence-electron chi connectivity index (χ2n) is 5.14. The van der Waals surface area contributed by atoms with Gasteiger partial charge >= 0.3 is 5.97 Å². The number of thiazole rings is 1.